The fourth-order valence-corrected chi connectivity index (χ4v) is 4.26. The van der Waals surface area contributed by atoms with Crippen LogP contribution in [0.25, 0.3) is 0 Å². The number of carbonyl (C=O) groups excluding carboxylic acids is 2. The van der Waals surface area contributed by atoms with Crippen molar-refractivity contribution in [1.29, 1.82) is 0 Å². The van der Waals surface area contributed by atoms with Gasteiger partial charge in [-0.1, -0.05) is 11.6 Å². The molecule has 0 saturated heterocycles. The molecule has 2 aromatic carbocycles. The first kappa shape index (κ1) is 18.7. The Morgan fingerprint density at radius 1 is 1.11 bits per heavy atom. The average Bonchev–Trinajstić information content (AvgIpc) is 3.16. The summed E-state index contributed by atoms with van der Waals surface area (Å²) < 4.78 is 13.1. The van der Waals surface area contributed by atoms with Gasteiger partial charge in [0.05, 0.1) is 11.3 Å². The van der Waals surface area contributed by atoms with Crippen LogP contribution in [0.5, 0.6) is 0 Å². The Labute approximate surface area is 170 Å². The zero-order chi connectivity index (χ0) is 19.7. The van der Waals surface area contributed by atoms with Crippen LogP contribution in [0.1, 0.15) is 31.2 Å². The molecule has 142 valence electrons. The standard InChI is InChI=1S/C21H16ClFN2O2S/c22-15-3-6-17(21(27)25-9-7-19-14(12-25)8-10-28-19)18(11-15)24-20(26)13-1-4-16(23)5-2-13/h1-6,8,10-11H,7,9,12H2,(H,24,26). The molecule has 4 nitrogen and oxygen atoms in total. The first-order valence-corrected chi connectivity index (χ1v) is 9.98. The Kier molecular flexibility index (Phi) is 5.15. The number of amides is 2. The van der Waals surface area contributed by atoms with Gasteiger partial charge < -0.3 is 10.2 Å². The van der Waals surface area contributed by atoms with E-state index in [-0.39, 0.29) is 5.91 Å². The average molecular weight is 415 g/mol. The monoisotopic (exact) mass is 414 g/mol. The molecule has 0 spiro atoms. The van der Waals surface area contributed by atoms with Gasteiger partial charge in [-0.3, -0.25) is 9.59 Å². The molecular weight excluding hydrogens is 399 g/mol. The summed E-state index contributed by atoms with van der Waals surface area (Å²) in [6, 6.07) is 12.0. The molecule has 1 N–H and O–H groups in total. The fourth-order valence-electron chi connectivity index (χ4n) is 3.19. The Morgan fingerprint density at radius 3 is 2.68 bits per heavy atom. The number of hydrogen-bond acceptors (Lipinski definition) is 3. The van der Waals surface area contributed by atoms with Gasteiger partial charge in [0.2, 0.25) is 0 Å². The van der Waals surface area contributed by atoms with E-state index in [1.165, 1.54) is 29.1 Å². The normalized spacial score (nSPS) is 13.1. The third-order valence-corrected chi connectivity index (χ3v) is 5.92. The molecule has 0 aliphatic carbocycles. The Balaban J connectivity index is 1.59. The van der Waals surface area contributed by atoms with Crippen molar-refractivity contribution in [2.24, 2.45) is 0 Å². The predicted octanol–water partition coefficient (Wildman–Crippen LogP) is 4.99. The number of hydrogen-bond donors (Lipinski definition) is 1. The lowest BCUT2D eigenvalue weighted by Crippen LogP contribution is -2.35. The van der Waals surface area contributed by atoms with Crippen LogP contribution in [-0.2, 0) is 13.0 Å². The fraction of sp³-hybridized carbons (Fsp3) is 0.143. The van der Waals surface area contributed by atoms with Crippen LogP contribution in [-0.4, -0.2) is 23.3 Å². The molecule has 0 unspecified atom stereocenters. The van der Waals surface area contributed by atoms with Crippen molar-refractivity contribution < 1.29 is 14.0 Å². The van der Waals surface area contributed by atoms with E-state index in [1.54, 1.807) is 34.4 Å². The summed E-state index contributed by atoms with van der Waals surface area (Å²) >= 11 is 7.79. The van der Waals surface area contributed by atoms with Crippen LogP contribution in [0.3, 0.4) is 0 Å². The van der Waals surface area contributed by atoms with Gasteiger partial charge in [-0.05, 0) is 65.9 Å². The van der Waals surface area contributed by atoms with Crippen molar-refractivity contribution in [1.82, 2.24) is 4.90 Å². The predicted molar refractivity (Wildman–Crippen MR) is 109 cm³/mol. The van der Waals surface area contributed by atoms with Gasteiger partial charge >= 0.3 is 0 Å². The molecule has 0 atom stereocenters. The van der Waals surface area contributed by atoms with Crippen LogP contribution in [0, 0.1) is 5.82 Å². The molecule has 28 heavy (non-hydrogen) atoms. The Morgan fingerprint density at radius 2 is 1.89 bits per heavy atom. The molecule has 3 aromatic rings. The van der Waals surface area contributed by atoms with E-state index in [9.17, 15) is 14.0 Å². The molecular formula is C21H16ClFN2O2S. The van der Waals surface area contributed by atoms with Gasteiger partial charge in [-0.25, -0.2) is 4.39 Å². The van der Waals surface area contributed by atoms with Gasteiger partial charge in [-0.2, -0.15) is 0 Å². The molecule has 2 amide bonds. The number of rotatable bonds is 3. The highest BCUT2D eigenvalue weighted by atomic mass is 35.5. The molecule has 0 saturated carbocycles. The van der Waals surface area contributed by atoms with E-state index in [1.807, 2.05) is 11.4 Å². The quantitative estimate of drug-likeness (QED) is 0.656. The third-order valence-electron chi connectivity index (χ3n) is 4.66. The minimum absolute atomic E-state index is 0.164. The summed E-state index contributed by atoms with van der Waals surface area (Å²) in [6.07, 6.45) is 0.823. The van der Waals surface area contributed by atoms with Crippen LogP contribution >= 0.6 is 22.9 Å². The number of thiophene rings is 1. The number of halogens is 2. The molecule has 4 rings (SSSR count). The molecule has 7 heteroatoms. The van der Waals surface area contributed by atoms with Crippen molar-refractivity contribution in [3.8, 4) is 0 Å². The maximum Gasteiger partial charge on any atom is 0.256 e. The number of fused-ring (bicyclic) bond motifs is 1. The van der Waals surface area contributed by atoms with Crippen molar-refractivity contribution in [2.45, 2.75) is 13.0 Å². The van der Waals surface area contributed by atoms with E-state index >= 15 is 0 Å². The maximum absolute atomic E-state index is 13.1. The van der Waals surface area contributed by atoms with Crippen molar-refractivity contribution in [3.63, 3.8) is 0 Å². The van der Waals surface area contributed by atoms with Crippen molar-refractivity contribution in [3.05, 3.63) is 86.3 Å². The van der Waals surface area contributed by atoms with E-state index in [4.69, 9.17) is 11.6 Å². The SMILES string of the molecule is O=C(Nc1cc(Cl)ccc1C(=O)N1CCc2sccc2C1)c1ccc(F)cc1. The summed E-state index contributed by atoms with van der Waals surface area (Å²) in [7, 11) is 0. The summed E-state index contributed by atoms with van der Waals surface area (Å²) in [5, 5.41) is 5.17. The van der Waals surface area contributed by atoms with Gasteiger partial charge in [0.25, 0.3) is 11.8 Å². The van der Waals surface area contributed by atoms with Crippen LogP contribution in [0.2, 0.25) is 5.02 Å². The second kappa shape index (κ2) is 7.73. The number of carbonyl (C=O) groups is 2. The second-order valence-electron chi connectivity index (χ2n) is 6.50. The van der Waals surface area contributed by atoms with Crippen molar-refractivity contribution in [2.75, 3.05) is 11.9 Å². The number of nitrogens with one attached hydrogen (secondary N) is 1. The van der Waals surface area contributed by atoms with Gasteiger partial charge in [-0.15, -0.1) is 11.3 Å². The first-order valence-electron chi connectivity index (χ1n) is 8.72. The highest BCUT2D eigenvalue weighted by Crippen LogP contribution is 2.28. The highest BCUT2D eigenvalue weighted by molar-refractivity contribution is 7.10. The minimum atomic E-state index is -0.435. The van der Waals surface area contributed by atoms with Gasteiger partial charge in [0.1, 0.15) is 5.82 Å². The maximum atomic E-state index is 13.1. The lowest BCUT2D eigenvalue weighted by Gasteiger charge is -2.28. The minimum Gasteiger partial charge on any atom is -0.334 e. The Bertz CT molecular complexity index is 1050. The highest BCUT2D eigenvalue weighted by Gasteiger charge is 2.25. The number of anilines is 1. The number of benzene rings is 2. The lowest BCUT2D eigenvalue weighted by molar-refractivity contribution is 0.0737. The summed E-state index contributed by atoms with van der Waals surface area (Å²) in [5.74, 6) is -1.02. The van der Waals surface area contributed by atoms with Crippen LogP contribution in [0.15, 0.2) is 53.9 Å². The molecule has 0 radical (unpaired) electrons. The zero-order valence-corrected chi connectivity index (χ0v) is 16.3. The summed E-state index contributed by atoms with van der Waals surface area (Å²) in [5.41, 5.74) is 2.16. The zero-order valence-electron chi connectivity index (χ0n) is 14.7. The second-order valence-corrected chi connectivity index (χ2v) is 7.93. The van der Waals surface area contributed by atoms with Crippen LogP contribution in [0.4, 0.5) is 10.1 Å². The summed E-state index contributed by atoms with van der Waals surface area (Å²) in [6.45, 7) is 1.17. The smallest absolute Gasteiger partial charge is 0.256 e. The van der Waals surface area contributed by atoms with E-state index in [0.717, 1.165) is 12.0 Å². The molecule has 2 heterocycles. The van der Waals surface area contributed by atoms with E-state index < -0.39 is 11.7 Å². The summed E-state index contributed by atoms with van der Waals surface area (Å²) in [4.78, 5) is 28.7. The topological polar surface area (TPSA) is 49.4 Å². The first-order chi connectivity index (χ1) is 13.5. The molecule has 0 fully saturated rings. The molecule has 1 aliphatic rings. The largest absolute Gasteiger partial charge is 0.334 e. The van der Waals surface area contributed by atoms with Gasteiger partial charge in [0, 0.05) is 28.6 Å². The third kappa shape index (κ3) is 3.79. The molecule has 0 bridgehead atoms. The molecule has 1 aromatic heterocycles. The van der Waals surface area contributed by atoms with Crippen LogP contribution < -0.4 is 5.32 Å². The Hall–Kier alpha value is -2.70. The van der Waals surface area contributed by atoms with E-state index in [2.05, 4.69) is 5.32 Å². The van der Waals surface area contributed by atoms with Gasteiger partial charge in [0.15, 0.2) is 0 Å². The number of nitrogens with zero attached hydrogens (tertiary/aromatic N) is 1. The lowest BCUT2D eigenvalue weighted by atomic mass is 10.1. The molecule has 1 aliphatic heterocycles. The van der Waals surface area contributed by atoms with Crippen molar-refractivity contribution >= 4 is 40.4 Å². The van der Waals surface area contributed by atoms with E-state index in [0.29, 0.717) is 34.9 Å².